The summed E-state index contributed by atoms with van der Waals surface area (Å²) >= 11 is 0. The van der Waals surface area contributed by atoms with E-state index in [1.54, 1.807) is 68.4 Å². The highest BCUT2D eigenvalue weighted by Crippen LogP contribution is 2.56. The molecule has 1 aromatic rings. The lowest BCUT2D eigenvalue weighted by atomic mass is 9.78. The van der Waals surface area contributed by atoms with Crippen molar-refractivity contribution in [3.8, 4) is 5.75 Å². The van der Waals surface area contributed by atoms with Gasteiger partial charge in [-0.2, -0.15) is 0 Å². The van der Waals surface area contributed by atoms with Crippen LogP contribution in [0.25, 0.3) is 0 Å². The first-order valence-electron chi connectivity index (χ1n) is 9.84. The number of phosphoric acid groups is 1. The van der Waals surface area contributed by atoms with Crippen molar-refractivity contribution in [3.63, 3.8) is 0 Å². The molecule has 0 unspecified atom stereocenters. The van der Waals surface area contributed by atoms with E-state index in [9.17, 15) is 19.3 Å². The lowest BCUT2D eigenvalue weighted by Crippen LogP contribution is -2.27. The number of aliphatic carboxylic acids is 1. The zero-order valence-corrected chi connectivity index (χ0v) is 20.6. The van der Waals surface area contributed by atoms with Gasteiger partial charge >= 0.3 is 13.8 Å². The smallest absolute Gasteiger partial charge is 0.481 e. The van der Waals surface area contributed by atoms with Gasteiger partial charge < -0.3 is 9.63 Å². The number of aryl methyl sites for hydroxylation is 1. The van der Waals surface area contributed by atoms with Gasteiger partial charge in [0.15, 0.2) is 5.78 Å². The Kier molecular flexibility index (Phi) is 7.74. The first-order chi connectivity index (χ1) is 13.2. The SMILES string of the molecule is CC(=O)c1cc(C)c(C(C)(C)CC(=O)O)c(OP(=O)(OC(C)(C)C)OC(C)(C)C)c1. The Hall–Kier alpha value is -1.69. The molecular weight excluding hydrogens is 407 g/mol. The van der Waals surface area contributed by atoms with Crippen LogP contribution in [-0.4, -0.2) is 28.1 Å². The third kappa shape index (κ3) is 7.86. The van der Waals surface area contributed by atoms with E-state index in [2.05, 4.69) is 0 Å². The summed E-state index contributed by atoms with van der Waals surface area (Å²) in [7, 11) is -4.14. The molecule has 170 valence electrons. The normalized spacial score (nSPS) is 13.3. The van der Waals surface area contributed by atoms with Crippen molar-refractivity contribution in [3.05, 3.63) is 28.8 Å². The molecular formula is C22H35O7P. The zero-order valence-electron chi connectivity index (χ0n) is 19.7. The Labute approximate surface area is 179 Å². The lowest BCUT2D eigenvalue weighted by Gasteiger charge is -2.33. The van der Waals surface area contributed by atoms with Crippen LogP contribution < -0.4 is 4.52 Å². The molecule has 0 saturated carbocycles. The fourth-order valence-electron chi connectivity index (χ4n) is 3.21. The summed E-state index contributed by atoms with van der Waals surface area (Å²) in [5.74, 6) is -1.07. The summed E-state index contributed by atoms with van der Waals surface area (Å²) < 4.78 is 30.9. The quantitative estimate of drug-likeness (QED) is 0.385. The van der Waals surface area contributed by atoms with Gasteiger partial charge in [-0.3, -0.25) is 18.6 Å². The van der Waals surface area contributed by atoms with Crippen LogP contribution in [0.4, 0.5) is 0 Å². The molecule has 0 bridgehead atoms. The number of ketones is 1. The third-order valence-corrected chi connectivity index (χ3v) is 5.92. The van der Waals surface area contributed by atoms with Crippen LogP contribution in [0.2, 0.25) is 0 Å². The van der Waals surface area contributed by atoms with E-state index in [1.807, 2.05) is 0 Å². The molecule has 1 aromatic carbocycles. The van der Waals surface area contributed by atoms with Crippen LogP contribution >= 0.6 is 7.82 Å². The number of hydrogen-bond acceptors (Lipinski definition) is 6. The maximum absolute atomic E-state index is 13.6. The molecule has 1 N–H and O–H groups in total. The minimum Gasteiger partial charge on any atom is -0.481 e. The van der Waals surface area contributed by atoms with E-state index in [-0.39, 0.29) is 18.0 Å². The fourth-order valence-corrected chi connectivity index (χ4v) is 5.05. The van der Waals surface area contributed by atoms with Crippen LogP contribution in [-0.2, 0) is 23.8 Å². The molecule has 8 heteroatoms. The Bertz CT molecular complexity index is 837. The Morgan fingerprint density at radius 3 is 1.80 bits per heavy atom. The van der Waals surface area contributed by atoms with Crippen molar-refractivity contribution in [1.29, 1.82) is 0 Å². The summed E-state index contributed by atoms with van der Waals surface area (Å²) in [5, 5.41) is 9.37. The summed E-state index contributed by atoms with van der Waals surface area (Å²) in [6.07, 6.45) is -0.186. The van der Waals surface area contributed by atoms with Crippen LogP contribution in [0.1, 0.15) is 90.2 Å². The monoisotopic (exact) mass is 442 g/mol. The number of carboxylic acid groups (broad SMARTS) is 1. The molecule has 1 rings (SSSR count). The van der Waals surface area contributed by atoms with Gasteiger partial charge in [-0.25, -0.2) is 4.57 Å². The maximum atomic E-state index is 13.6. The van der Waals surface area contributed by atoms with E-state index in [0.29, 0.717) is 16.7 Å². The predicted octanol–water partition coefficient (Wildman–Crippen LogP) is 6.07. The zero-order chi connectivity index (χ0) is 23.7. The van der Waals surface area contributed by atoms with Crippen molar-refractivity contribution in [2.45, 2.75) is 92.3 Å². The van der Waals surface area contributed by atoms with E-state index in [0.717, 1.165) is 0 Å². The number of carbonyl (C=O) groups excluding carboxylic acids is 1. The molecule has 0 aliphatic heterocycles. The first kappa shape index (κ1) is 26.3. The minimum absolute atomic E-state index is 0.114. The fraction of sp³-hybridized carbons (Fsp3) is 0.636. The first-order valence-corrected chi connectivity index (χ1v) is 11.3. The summed E-state index contributed by atoms with van der Waals surface area (Å²) in [6.45, 7) is 17.0. The van der Waals surface area contributed by atoms with Gasteiger partial charge in [0.2, 0.25) is 0 Å². The number of carbonyl (C=O) groups is 2. The van der Waals surface area contributed by atoms with Crippen molar-refractivity contribution in [2.24, 2.45) is 0 Å². The van der Waals surface area contributed by atoms with Crippen molar-refractivity contribution in [1.82, 2.24) is 0 Å². The lowest BCUT2D eigenvalue weighted by molar-refractivity contribution is -0.138. The molecule has 7 nitrogen and oxygen atoms in total. The molecule has 0 radical (unpaired) electrons. The molecule has 0 aromatic heterocycles. The van der Waals surface area contributed by atoms with Crippen molar-refractivity contribution < 1.29 is 32.8 Å². The third-order valence-electron chi connectivity index (χ3n) is 3.96. The highest BCUT2D eigenvalue weighted by Gasteiger charge is 2.41. The van der Waals surface area contributed by atoms with Gasteiger partial charge in [-0.15, -0.1) is 0 Å². The van der Waals surface area contributed by atoms with Crippen LogP contribution in [0.5, 0.6) is 5.75 Å². The van der Waals surface area contributed by atoms with E-state index in [4.69, 9.17) is 13.6 Å². The highest BCUT2D eigenvalue weighted by molar-refractivity contribution is 7.49. The highest BCUT2D eigenvalue weighted by atomic mass is 31.2. The van der Waals surface area contributed by atoms with Crippen molar-refractivity contribution >= 4 is 19.6 Å². The molecule has 0 spiro atoms. The van der Waals surface area contributed by atoms with Crippen LogP contribution in [0.3, 0.4) is 0 Å². The van der Waals surface area contributed by atoms with E-state index >= 15 is 0 Å². The molecule has 0 aliphatic rings. The largest absolute Gasteiger partial charge is 0.531 e. The number of benzene rings is 1. The average molecular weight is 442 g/mol. The number of Topliss-reactive ketones (excluding diaryl/α,β-unsaturated/α-hetero) is 1. The van der Waals surface area contributed by atoms with Gasteiger partial charge in [0.25, 0.3) is 0 Å². The summed E-state index contributed by atoms with van der Waals surface area (Å²) in [5.41, 5.74) is -1.01. The molecule has 0 aliphatic carbocycles. The molecule has 0 atom stereocenters. The number of phosphoric ester groups is 1. The predicted molar refractivity (Wildman–Crippen MR) is 116 cm³/mol. The minimum atomic E-state index is -4.14. The summed E-state index contributed by atoms with van der Waals surface area (Å²) in [6, 6.07) is 3.15. The van der Waals surface area contributed by atoms with Crippen LogP contribution in [0.15, 0.2) is 12.1 Å². The van der Waals surface area contributed by atoms with Crippen LogP contribution in [0, 0.1) is 6.92 Å². The van der Waals surface area contributed by atoms with Gasteiger partial charge in [-0.05, 0) is 73.1 Å². The Morgan fingerprint density at radius 1 is 0.967 bits per heavy atom. The molecule has 0 amide bonds. The molecule has 30 heavy (non-hydrogen) atoms. The van der Waals surface area contributed by atoms with Gasteiger partial charge in [0.1, 0.15) is 5.75 Å². The average Bonchev–Trinajstić information content (AvgIpc) is 2.39. The standard InChI is InChI=1S/C22H35O7P/c1-14-11-16(15(2)23)12-17(19(14)22(9,10)13-18(24)25)27-30(26,28-20(3,4)5)29-21(6,7)8/h11-12H,13H2,1-10H3,(H,24,25). The van der Waals surface area contributed by atoms with Gasteiger partial charge in [0.05, 0.1) is 17.6 Å². The molecule has 0 saturated heterocycles. The maximum Gasteiger partial charge on any atom is 0.531 e. The van der Waals surface area contributed by atoms with Gasteiger partial charge in [-0.1, -0.05) is 13.8 Å². The topological polar surface area (TPSA) is 99.1 Å². The Balaban J connectivity index is 3.70. The second-order valence-electron chi connectivity index (χ2n) is 10.1. The number of rotatable bonds is 8. The van der Waals surface area contributed by atoms with Gasteiger partial charge in [0, 0.05) is 16.5 Å². The number of carboxylic acids is 1. The van der Waals surface area contributed by atoms with E-state index < -0.39 is 30.4 Å². The van der Waals surface area contributed by atoms with E-state index in [1.165, 1.54) is 13.0 Å². The molecule has 0 fully saturated rings. The summed E-state index contributed by atoms with van der Waals surface area (Å²) in [4.78, 5) is 23.5. The van der Waals surface area contributed by atoms with Crippen molar-refractivity contribution in [2.75, 3.05) is 0 Å². The second-order valence-corrected chi connectivity index (χ2v) is 11.6. The molecule has 0 heterocycles. The number of hydrogen-bond donors (Lipinski definition) is 1. The second kappa shape index (κ2) is 8.81. The Morgan fingerprint density at radius 2 is 1.43 bits per heavy atom.